The zero-order valence-electron chi connectivity index (χ0n) is 12.4. The van der Waals surface area contributed by atoms with Crippen LogP contribution < -0.4 is 10.6 Å². The first-order valence-electron chi connectivity index (χ1n) is 7.25. The van der Waals surface area contributed by atoms with E-state index in [2.05, 4.69) is 10.6 Å². The molecule has 2 N–H and O–H groups in total. The fourth-order valence-corrected chi connectivity index (χ4v) is 2.72. The molecule has 1 aliphatic heterocycles. The molecule has 0 bridgehead atoms. The minimum absolute atomic E-state index is 0.00794. The van der Waals surface area contributed by atoms with Crippen LogP contribution in [0.5, 0.6) is 0 Å². The number of nitrogens with one attached hydrogen (secondary N) is 2. The van der Waals surface area contributed by atoms with Crippen molar-refractivity contribution in [2.24, 2.45) is 5.92 Å². The Morgan fingerprint density at radius 1 is 1.52 bits per heavy atom. The Labute approximate surface area is 124 Å². The predicted molar refractivity (Wildman–Crippen MR) is 80.4 cm³/mol. The molecule has 1 fully saturated rings. The van der Waals surface area contributed by atoms with Gasteiger partial charge in [0.1, 0.15) is 0 Å². The molecule has 0 spiro atoms. The smallest absolute Gasteiger partial charge is 0.269 e. The fraction of sp³-hybridized carbons (Fsp3) is 0.533. The maximum atomic E-state index is 12.3. The summed E-state index contributed by atoms with van der Waals surface area (Å²) in [5.41, 5.74) is 1.13. The van der Waals surface area contributed by atoms with Crippen LogP contribution in [0.3, 0.4) is 0 Å². The number of benzene rings is 1. The van der Waals surface area contributed by atoms with Gasteiger partial charge in [-0.2, -0.15) is 0 Å². The van der Waals surface area contributed by atoms with E-state index in [1.807, 2.05) is 6.92 Å². The molecule has 2 rings (SSSR count). The Morgan fingerprint density at radius 2 is 2.29 bits per heavy atom. The Kier molecular flexibility index (Phi) is 4.90. The Bertz CT molecular complexity index is 539. The first-order valence-corrected chi connectivity index (χ1v) is 7.25. The van der Waals surface area contributed by atoms with Crippen molar-refractivity contribution in [3.63, 3.8) is 0 Å². The van der Waals surface area contributed by atoms with Crippen LogP contribution in [0.1, 0.15) is 35.7 Å². The molecule has 1 aliphatic rings. The molecule has 6 heteroatoms. The molecule has 1 saturated heterocycles. The van der Waals surface area contributed by atoms with Gasteiger partial charge in [0.05, 0.1) is 4.92 Å². The SMILES string of the molecule is Cc1cc([N+](=O)[O-])ccc1C(=O)NC(C)C1CCCNC1. The summed E-state index contributed by atoms with van der Waals surface area (Å²) in [5, 5.41) is 17.1. The van der Waals surface area contributed by atoms with E-state index >= 15 is 0 Å². The topological polar surface area (TPSA) is 84.3 Å². The molecule has 114 valence electrons. The van der Waals surface area contributed by atoms with E-state index in [9.17, 15) is 14.9 Å². The number of aryl methyl sites for hydroxylation is 1. The highest BCUT2D eigenvalue weighted by molar-refractivity contribution is 5.96. The number of non-ortho nitro benzene ring substituents is 1. The normalized spacial score (nSPS) is 19.8. The second-order valence-electron chi connectivity index (χ2n) is 5.62. The number of piperidine rings is 1. The summed E-state index contributed by atoms with van der Waals surface area (Å²) >= 11 is 0. The fourth-order valence-electron chi connectivity index (χ4n) is 2.72. The molecule has 0 aromatic heterocycles. The number of hydrogen-bond donors (Lipinski definition) is 2. The summed E-state index contributed by atoms with van der Waals surface area (Å²) in [4.78, 5) is 22.6. The third-order valence-electron chi connectivity index (χ3n) is 4.07. The van der Waals surface area contributed by atoms with E-state index in [1.165, 1.54) is 18.2 Å². The number of rotatable bonds is 4. The summed E-state index contributed by atoms with van der Waals surface area (Å²) in [6.07, 6.45) is 2.23. The number of carbonyl (C=O) groups is 1. The van der Waals surface area contributed by atoms with Gasteiger partial charge in [-0.05, 0) is 57.3 Å². The van der Waals surface area contributed by atoms with Crippen molar-refractivity contribution in [1.29, 1.82) is 0 Å². The molecule has 0 saturated carbocycles. The first-order chi connectivity index (χ1) is 9.99. The standard InChI is InChI=1S/C15H21N3O3/c1-10-8-13(18(20)21)5-6-14(10)15(19)17-11(2)12-4-3-7-16-9-12/h5-6,8,11-12,16H,3-4,7,9H2,1-2H3,(H,17,19). The molecule has 1 amide bonds. The van der Waals surface area contributed by atoms with Gasteiger partial charge in [0.15, 0.2) is 0 Å². The maximum Gasteiger partial charge on any atom is 0.269 e. The third-order valence-corrected chi connectivity index (χ3v) is 4.07. The van der Waals surface area contributed by atoms with Crippen LogP contribution in [0.25, 0.3) is 0 Å². The molecule has 1 aromatic carbocycles. The second kappa shape index (κ2) is 6.67. The van der Waals surface area contributed by atoms with Gasteiger partial charge in [-0.15, -0.1) is 0 Å². The third kappa shape index (κ3) is 3.78. The van der Waals surface area contributed by atoms with Gasteiger partial charge in [-0.3, -0.25) is 14.9 Å². The van der Waals surface area contributed by atoms with E-state index in [1.54, 1.807) is 6.92 Å². The van der Waals surface area contributed by atoms with Gasteiger partial charge in [0.2, 0.25) is 0 Å². The summed E-state index contributed by atoms with van der Waals surface area (Å²) in [5.74, 6) is 0.265. The Balaban J connectivity index is 2.04. The molecule has 21 heavy (non-hydrogen) atoms. The average Bonchev–Trinajstić information content (AvgIpc) is 2.47. The number of amides is 1. The molecule has 1 aromatic rings. The van der Waals surface area contributed by atoms with Crippen LogP contribution in [0.2, 0.25) is 0 Å². The van der Waals surface area contributed by atoms with Crippen molar-refractivity contribution in [3.8, 4) is 0 Å². The molecule has 0 aliphatic carbocycles. The van der Waals surface area contributed by atoms with Crippen LogP contribution >= 0.6 is 0 Å². The summed E-state index contributed by atoms with van der Waals surface area (Å²) in [7, 11) is 0. The lowest BCUT2D eigenvalue weighted by Crippen LogP contribution is -2.44. The van der Waals surface area contributed by atoms with E-state index in [0.29, 0.717) is 17.0 Å². The van der Waals surface area contributed by atoms with Gasteiger partial charge in [0, 0.05) is 23.7 Å². The molecular formula is C15H21N3O3. The van der Waals surface area contributed by atoms with Crippen LogP contribution in [0, 0.1) is 23.0 Å². The highest BCUT2D eigenvalue weighted by atomic mass is 16.6. The largest absolute Gasteiger partial charge is 0.349 e. The van der Waals surface area contributed by atoms with Crippen LogP contribution in [-0.2, 0) is 0 Å². The van der Waals surface area contributed by atoms with E-state index in [0.717, 1.165) is 25.9 Å². The lowest BCUT2D eigenvalue weighted by atomic mass is 9.92. The number of nitrogens with zero attached hydrogens (tertiary/aromatic N) is 1. The summed E-state index contributed by atoms with van der Waals surface area (Å²) in [6.45, 7) is 5.68. The first kappa shape index (κ1) is 15.4. The van der Waals surface area contributed by atoms with Gasteiger partial charge in [0.25, 0.3) is 11.6 Å². The molecule has 1 heterocycles. The van der Waals surface area contributed by atoms with Gasteiger partial charge in [-0.25, -0.2) is 0 Å². The van der Waals surface area contributed by atoms with Crippen molar-refractivity contribution >= 4 is 11.6 Å². The van der Waals surface area contributed by atoms with Crippen LogP contribution in [0.15, 0.2) is 18.2 Å². The van der Waals surface area contributed by atoms with Crippen molar-refractivity contribution < 1.29 is 9.72 Å². The number of hydrogen-bond acceptors (Lipinski definition) is 4. The lowest BCUT2D eigenvalue weighted by Gasteiger charge is -2.29. The van der Waals surface area contributed by atoms with E-state index < -0.39 is 4.92 Å². The monoisotopic (exact) mass is 291 g/mol. The number of nitro benzene ring substituents is 1. The molecule has 0 radical (unpaired) electrons. The zero-order chi connectivity index (χ0) is 15.4. The maximum absolute atomic E-state index is 12.3. The molecular weight excluding hydrogens is 270 g/mol. The van der Waals surface area contributed by atoms with Gasteiger partial charge in [-0.1, -0.05) is 0 Å². The van der Waals surface area contributed by atoms with E-state index in [4.69, 9.17) is 0 Å². The highest BCUT2D eigenvalue weighted by Crippen LogP contribution is 2.18. The minimum atomic E-state index is -0.453. The van der Waals surface area contributed by atoms with Gasteiger partial charge < -0.3 is 10.6 Å². The average molecular weight is 291 g/mol. The summed E-state index contributed by atoms with van der Waals surface area (Å²) in [6, 6.07) is 4.41. The Hall–Kier alpha value is -1.95. The molecule has 2 unspecified atom stereocenters. The number of carbonyl (C=O) groups excluding carboxylic acids is 1. The second-order valence-corrected chi connectivity index (χ2v) is 5.62. The van der Waals surface area contributed by atoms with Crippen molar-refractivity contribution in [3.05, 3.63) is 39.4 Å². The molecule has 2 atom stereocenters. The lowest BCUT2D eigenvalue weighted by molar-refractivity contribution is -0.384. The minimum Gasteiger partial charge on any atom is -0.349 e. The van der Waals surface area contributed by atoms with Crippen molar-refractivity contribution in [2.45, 2.75) is 32.7 Å². The Morgan fingerprint density at radius 3 is 2.86 bits per heavy atom. The van der Waals surface area contributed by atoms with Gasteiger partial charge >= 0.3 is 0 Å². The van der Waals surface area contributed by atoms with Crippen molar-refractivity contribution in [1.82, 2.24) is 10.6 Å². The zero-order valence-corrected chi connectivity index (χ0v) is 12.4. The molecule has 6 nitrogen and oxygen atoms in total. The van der Waals surface area contributed by atoms with E-state index in [-0.39, 0.29) is 17.6 Å². The van der Waals surface area contributed by atoms with Crippen LogP contribution in [0.4, 0.5) is 5.69 Å². The number of nitro groups is 1. The predicted octanol–water partition coefficient (Wildman–Crippen LogP) is 2.02. The highest BCUT2D eigenvalue weighted by Gasteiger charge is 2.22. The summed E-state index contributed by atoms with van der Waals surface area (Å²) < 4.78 is 0. The van der Waals surface area contributed by atoms with Crippen molar-refractivity contribution in [2.75, 3.05) is 13.1 Å². The van der Waals surface area contributed by atoms with Crippen LogP contribution in [-0.4, -0.2) is 30.0 Å². The quantitative estimate of drug-likeness (QED) is 0.656.